The van der Waals surface area contributed by atoms with E-state index in [1.807, 2.05) is 0 Å². The van der Waals surface area contributed by atoms with Crippen molar-refractivity contribution in [3.8, 4) is 11.5 Å². The molecule has 1 atom stereocenters. The van der Waals surface area contributed by atoms with Gasteiger partial charge in [0.15, 0.2) is 11.5 Å². The summed E-state index contributed by atoms with van der Waals surface area (Å²) < 4.78 is 4.94. The highest BCUT2D eigenvalue weighted by Crippen LogP contribution is 2.26. The number of hydrogen-bond acceptors (Lipinski definition) is 3. The SMILES string of the molecule is COc1ccc(C(=O)NC2CC=CCC2)cc1O. The Morgan fingerprint density at radius 2 is 2.28 bits per heavy atom. The summed E-state index contributed by atoms with van der Waals surface area (Å²) in [5.74, 6) is 0.189. The lowest BCUT2D eigenvalue weighted by Gasteiger charge is -2.19. The van der Waals surface area contributed by atoms with Crippen LogP contribution in [-0.2, 0) is 0 Å². The summed E-state index contributed by atoms with van der Waals surface area (Å²) in [4.78, 5) is 12.0. The summed E-state index contributed by atoms with van der Waals surface area (Å²) in [6.45, 7) is 0. The number of carbonyl (C=O) groups excluding carboxylic acids is 1. The van der Waals surface area contributed by atoms with Gasteiger partial charge in [0.05, 0.1) is 7.11 Å². The number of aromatic hydroxyl groups is 1. The number of methoxy groups -OCH3 is 1. The van der Waals surface area contributed by atoms with Crippen LogP contribution < -0.4 is 10.1 Å². The van der Waals surface area contributed by atoms with Crippen molar-refractivity contribution in [2.75, 3.05) is 7.11 Å². The zero-order valence-electron chi connectivity index (χ0n) is 10.3. The lowest BCUT2D eigenvalue weighted by atomic mass is 10.0. The van der Waals surface area contributed by atoms with Crippen LogP contribution in [-0.4, -0.2) is 24.2 Å². The maximum absolute atomic E-state index is 12.0. The second-order valence-corrected chi connectivity index (χ2v) is 4.34. The Hall–Kier alpha value is -1.97. The van der Waals surface area contributed by atoms with E-state index in [0.717, 1.165) is 19.3 Å². The average Bonchev–Trinajstić information content (AvgIpc) is 2.39. The minimum Gasteiger partial charge on any atom is -0.504 e. The first-order valence-corrected chi connectivity index (χ1v) is 6.03. The van der Waals surface area contributed by atoms with Crippen molar-refractivity contribution in [2.24, 2.45) is 0 Å². The van der Waals surface area contributed by atoms with E-state index in [0.29, 0.717) is 11.3 Å². The van der Waals surface area contributed by atoms with Crippen LogP contribution in [0.15, 0.2) is 30.4 Å². The molecule has 0 aromatic heterocycles. The first kappa shape index (κ1) is 12.5. The molecule has 1 aromatic carbocycles. The summed E-state index contributed by atoms with van der Waals surface area (Å²) in [5, 5.41) is 12.6. The summed E-state index contributed by atoms with van der Waals surface area (Å²) >= 11 is 0. The predicted molar refractivity (Wildman–Crippen MR) is 68.9 cm³/mol. The van der Waals surface area contributed by atoms with Crippen molar-refractivity contribution in [1.82, 2.24) is 5.32 Å². The van der Waals surface area contributed by atoms with Crippen LogP contribution in [0.3, 0.4) is 0 Å². The Labute approximate surface area is 106 Å². The zero-order valence-corrected chi connectivity index (χ0v) is 10.3. The quantitative estimate of drug-likeness (QED) is 0.805. The van der Waals surface area contributed by atoms with Crippen LogP contribution in [0.25, 0.3) is 0 Å². The van der Waals surface area contributed by atoms with Crippen molar-refractivity contribution < 1.29 is 14.6 Å². The van der Waals surface area contributed by atoms with Crippen molar-refractivity contribution in [2.45, 2.75) is 25.3 Å². The van der Waals surface area contributed by atoms with E-state index in [2.05, 4.69) is 17.5 Å². The molecule has 96 valence electrons. The molecular formula is C14H17NO3. The Balaban J connectivity index is 2.04. The molecule has 1 aromatic rings. The van der Waals surface area contributed by atoms with Gasteiger partial charge in [0.1, 0.15) is 0 Å². The third-order valence-electron chi connectivity index (χ3n) is 3.05. The Morgan fingerprint density at radius 1 is 1.44 bits per heavy atom. The lowest BCUT2D eigenvalue weighted by molar-refractivity contribution is 0.0934. The van der Waals surface area contributed by atoms with Gasteiger partial charge in [-0.15, -0.1) is 0 Å². The van der Waals surface area contributed by atoms with E-state index in [-0.39, 0.29) is 17.7 Å². The molecule has 0 fully saturated rings. The maximum Gasteiger partial charge on any atom is 0.251 e. The van der Waals surface area contributed by atoms with Gasteiger partial charge in [-0.3, -0.25) is 4.79 Å². The van der Waals surface area contributed by atoms with Gasteiger partial charge in [-0.25, -0.2) is 0 Å². The van der Waals surface area contributed by atoms with E-state index < -0.39 is 0 Å². The van der Waals surface area contributed by atoms with Crippen LogP contribution in [0.1, 0.15) is 29.6 Å². The second-order valence-electron chi connectivity index (χ2n) is 4.34. The van der Waals surface area contributed by atoms with Crippen LogP contribution in [0.2, 0.25) is 0 Å². The third kappa shape index (κ3) is 2.83. The smallest absolute Gasteiger partial charge is 0.251 e. The van der Waals surface area contributed by atoms with Gasteiger partial charge in [0, 0.05) is 11.6 Å². The number of ether oxygens (including phenoxy) is 1. The van der Waals surface area contributed by atoms with Crippen molar-refractivity contribution in [3.63, 3.8) is 0 Å². The van der Waals surface area contributed by atoms with E-state index in [9.17, 15) is 9.90 Å². The number of hydrogen-bond donors (Lipinski definition) is 2. The number of amides is 1. The van der Waals surface area contributed by atoms with Crippen LogP contribution >= 0.6 is 0 Å². The number of phenols is 1. The average molecular weight is 247 g/mol. The number of carbonyl (C=O) groups is 1. The molecule has 1 unspecified atom stereocenters. The lowest BCUT2D eigenvalue weighted by Crippen LogP contribution is -2.35. The Bertz CT molecular complexity index is 468. The molecule has 0 spiro atoms. The van der Waals surface area contributed by atoms with E-state index in [4.69, 9.17) is 4.74 Å². The number of allylic oxidation sites excluding steroid dienone is 1. The van der Waals surface area contributed by atoms with Crippen molar-refractivity contribution >= 4 is 5.91 Å². The van der Waals surface area contributed by atoms with Crippen LogP contribution in [0.4, 0.5) is 0 Å². The first-order valence-electron chi connectivity index (χ1n) is 6.03. The minimum atomic E-state index is -0.159. The Kier molecular flexibility index (Phi) is 3.87. The molecule has 0 radical (unpaired) electrons. The van der Waals surface area contributed by atoms with Crippen molar-refractivity contribution in [3.05, 3.63) is 35.9 Å². The highest BCUT2D eigenvalue weighted by molar-refractivity contribution is 5.95. The summed E-state index contributed by atoms with van der Waals surface area (Å²) in [5.41, 5.74) is 0.447. The normalized spacial score (nSPS) is 18.4. The molecule has 0 saturated heterocycles. The maximum atomic E-state index is 12.0. The van der Waals surface area contributed by atoms with Gasteiger partial charge in [-0.05, 0) is 37.5 Å². The van der Waals surface area contributed by atoms with Crippen molar-refractivity contribution in [1.29, 1.82) is 0 Å². The molecule has 1 amide bonds. The molecule has 0 heterocycles. The van der Waals surface area contributed by atoms with Gasteiger partial charge < -0.3 is 15.2 Å². The fourth-order valence-electron chi connectivity index (χ4n) is 2.02. The standard InChI is InChI=1S/C14H17NO3/c1-18-13-8-7-10(9-12(13)16)14(17)15-11-5-3-2-4-6-11/h2-3,7-9,11,16H,4-6H2,1H3,(H,15,17). The largest absolute Gasteiger partial charge is 0.504 e. The summed E-state index contributed by atoms with van der Waals surface area (Å²) in [6, 6.07) is 4.84. The number of rotatable bonds is 3. The number of nitrogens with one attached hydrogen (secondary N) is 1. The molecule has 4 nitrogen and oxygen atoms in total. The Morgan fingerprint density at radius 3 is 2.89 bits per heavy atom. The topological polar surface area (TPSA) is 58.6 Å². The first-order chi connectivity index (χ1) is 8.70. The van der Waals surface area contributed by atoms with E-state index >= 15 is 0 Å². The van der Waals surface area contributed by atoms with Crippen LogP contribution in [0.5, 0.6) is 11.5 Å². The molecule has 2 N–H and O–H groups in total. The number of phenolic OH excluding ortho intramolecular Hbond substituents is 1. The van der Waals surface area contributed by atoms with Gasteiger partial charge in [0.2, 0.25) is 0 Å². The minimum absolute atomic E-state index is 0.0197. The second kappa shape index (κ2) is 5.58. The molecule has 2 rings (SSSR count). The fourth-order valence-corrected chi connectivity index (χ4v) is 2.02. The van der Waals surface area contributed by atoms with Crippen LogP contribution in [0, 0.1) is 0 Å². The summed E-state index contributed by atoms with van der Waals surface area (Å²) in [6.07, 6.45) is 7.04. The molecule has 0 saturated carbocycles. The van der Waals surface area contributed by atoms with E-state index in [1.165, 1.54) is 13.2 Å². The van der Waals surface area contributed by atoms with E-state index in [1.54, 1.807) is 12.1 Å². The fraction of sp³-hybridized carbons (Fsp3) is 0.357. The molecule has 18 heavy (non-hydrogen) atoms. The highest BCUT2D eigenvalue weighted by Gasteiger charge is 2.15. The van der Waals surface area contributed by atoms with Gasteiger partial charge in [0.25, 0.3) is 5.91 Å². The zero-order chi connectivity index (χ0) is 13.0. The third-order valence-corrected chi connectivity index (χ3v) is 3.05. The van der Waals surface area contributed by atoms with Gasteiger partial charge in [-0.2, -0.15) is 0 Å². The molecule has 0 aliphatic heterocycles. The molecule has 1 aliphatic rings. The highest BCUT2D eigenvalue weighted by atomic mass is 16.5. The van der Waals surface area contributed by atoms with Gasteiger partial charge in [-0.1, -0.05) is 12.2 Å². The molecule has 4 heteroatoms. The molecule has 1 aliphatic carbocycles. The van der Waals surface area contributed by atoms with Gasteiger partial charge >= 0.3 is 0 Å². The monoisotopic (exact) mass is 247 g/mol. The molecular weight excluding hydrogens is 230 g/mol. The molecule has 0 bridgehead atoms. The number of benzene rings is 1. The predicted octanol–water partition coefficient (Wildman–Crippen LogP) is 2.24. The summed E-state index contributed by atoms with van der Waals surface area (Å²) in [7, 11) is 1.48.